The molecule has 0 amide bonds. The van der Waals surface area contributed by atoms with Crippen LogP contribution in [0.5, 0.6) is 5.75 Å². The summed E-state index contributed by atoms with van der Waals surface area (Å²) in [5.74, 6) is -1.42. The van der Waals surface area contributed by atoms with Crippen LogP contribution in [0.4, 0.5) is 13.2 Å². The molecule has 1 atom stereocenters. The van der Waals surface area contributed by atoms with Crippen LogP contribution < -0.4 is 0 Å². The van der Waals surface area contributed by atoms with Crippen molar-refractivity contribution >= 4 is 5.78 Å². The second kappa shape index (κ2) is 5.81. The van der Waals surface area contributed by atoms with E-state index < -0.39 is 35.3 Å². The van der Waals surface area contributed by atoms with Gasteiger partial charge in [0.15, 0.2) is 11.4 Å². The van der Waals surface area contributed by atoms with Crippen LogP contribution in [0.25, 0.3) is 0 Å². The number of Topliss-reactive ketones (excluding diaryl/α,β-unsaturated/α-hetero) is 1. The number of ketones is 1. The lowest BCUT2D eigenvalue weighted by atomic mass is 9.86. The summed E-state index contributed by atoms with van der Waals surface area (Å²) in [5.41, 5.74) is -4.00. The lowest BCUT2D eigenvalue weighted by molar-refractivity contribution is -0.264. The molecule has 0 fully saturated rings. The fourth-order valence-electron chi connectivity index (χ4n) is 2.12. The van der Waals surface area contributed by atoms with Gasteiger partial charge in [0.1, 0.15) is 5.75 Å². The van der Waals surface area contributed by atoms with Crippen molar-refractivity contribution in [3.63, 3.8) is 0 Å². The van der Waals surface area contributed by atoms with E-state index in [1.807, 2.05) is 0 Å². The molecule has 0 aliphatic rings. The van der Waals surface area contributed by atoms with E-state index in [1.54, 1.807) is 0 Å². The van der Waals surface area contributed by atoms with Crippen molar-refractivity contribution in [1.82, 2.24) is 0 Å². The molecule has 2 rings (SSSR count). The number of aromatic hydroxyl groups is 1. The molecule has 0 aliphatic carbocycles. The van der Waals surface area contributed by atoms with E-state index >= 15 is 0 Å². The van der Waals surface area contributed by atoms with Crippen molar-refractivity contribution < 1.29 is 28.2 Å². The minimum Gasteiger partial charge on any atom is -0.507 e. The van der Waals surface area contributed by atoms with Gasteiger partial charge in [-0.2, -0.15) is 13.2 Å². The summed E-state index contributed by atoms with van der Waals surface area (Å²) < 4.78 is 39.9. The first-order valence-electron chi connectivity index (χ1n) is 6.41. The number of hydrogen-bond donors (Lipinski definition) is 2. The molecule has 0 aliphatic heterocycles. The minimum absolute atomic E-state index is 0.263. The van der Waals surface area contributed by atoms with Crippen molar-refractivity contribution in [3.05, 3.63) is 65.7 Å². The van der Waals surface area contributed by atoms with Crippen LogP contribution in [0.1, 0.15) is 22.3 Å². The molecule has 0 heterocycles. The molecule has 0 bridgehead atoms. The number of carbonyl (C=O) groups is 1. The van der Waals surface area contributed by atoms with E-state index in [2.05, 4.69) is 0 Å². The van der Waals surface area contributed by atoms with Crippen molar-refractivity contribution in [2.45, 2.75) is 18.2 Å². The van der Waals surface area contributed by atoms with Crippen LogP contribution in [0, 0.1) is 0 Å². The highest BCUT2D eigenvalue weighted by Crippen LogP contribution is 2.42. The van der Waals surface area contributed by atoms with Crippen LogP contribution in [0.3, 0.4) is 0 Å². The van der Waals surface area contributed by atoms with Gasteiger partial charge in [-0.25, -0.2) is 0 Å². The minimum atomic E-state index is -5.03. The Labute approximate surface area is 124 Å². The molecule has 0 spiro atoms. The van der Waals surface area contributed by atoms with Gasteiger partial charge in [-0.15, -0.1) is 0 Å². The predicted octanol–water partition coefficient (Wildman–Crippen LogP) is 3.42. The highest BCUT2D eigenvalue weighted by Gasteiger charge is 2.56. The number of halogens is 3. The Balaban J connectivity index is 2.41. The van der Waals surface area contributed by atoms with Gasteiger partial charge < -0.3 is 10.2 Å². The normalized spacial score (nSPS) is 14.4. The van der Waals surface area contributed by atoms with Gasteiger partial charge in [0.05, 0.1) is 12.0 Å². The average molecular weight is 310 g/mol. The molecule has 0 saturated carbocycles. The zero-order valence-corrected chi connectivity index (χ0v) is 11.3. The first-order valence-corrected chi connectivity index (χ1v) is 6.41. The Hall–Kier alpha value is -2.34. The van der Waals surface area contributed by atoms with Gasteiger partial charge in [0, 0.05) is 0 Å². The quantitative estimate of drug-likeness (QED) is 0.851. The molecule has 22 heavy (non-hydrogen) atoms. The summed E-state index contributed by atoms with van der Waals surface area (Å²) in [7, 11) is 0. The predicted molar refractivity (Wildman–Crippen MR) is 73.4 cm³/mol. The summed E-state index contributed by atoms with van der Waals surface area (Å²) in [6, 6.07) is 11.7. The molecule has 0 saturated heterocycles. The molecule has 3 nitrogen and oxygen atoms in total. The molecular weight excluding hydrogens is 297 g/mol. The van der Waals surface area contributed by atoms with Gasteiger partial charge >= 0.3 is 6.18 Å². The zero-order valence-electron chi connectivity index (χ0n) is 11.3. The topological polar surface area (TPSA) is 57.5 Å². The summed E-state index contributed by atoms with van der Waals surface area (Å²) >= 11 is 0. The number of phenols is 1. The maximum absolute atomic E-state index is 13.3. The van der Waals surface area contributed by atoms with Crippen LogP contribution >= 0.6 is 0 Å². The third-order valence-electron chi connectivity index (χ3n) is 3.34. The van der Waals surface area contributed by atoms with Crippen molar-refractivity contribution in [1.29, 1.82) is 0 Å². The zero-order chi connectivity index (χ0) is 16.4. The fourth-order valence-corrected chi connectivity index (χ4v) is 2.12. The first-order chi connectivity index (χ1) is 10.3. The number of phenolic OH excluding ortho intramolecular Hbond substituents is 1. The highest BCUT2D eigenvalue weighted by atomic mass is 19.4. The van der Waals surface area contributed by atoms with Crippen molar-refractivity contribution in [2.24, 2.45) is 0 Å². The molecule has 0 aromatic heterocycles. The fraction of sp³-hybridized carbons (Fsp3) is 0.188. The van der Waals surface area contributed by atoms with Gasteiger partial charge in [-0.1, -0.05) is 42.5 Å². The van der Waals surface area contributed by atoms with Crippen LogP contribution in [0.2, 0.25) is 0 Å². The number of hydrogen-bond acceptors (Lipinski definition) is 3. The summed E-state index contributed by atoms with van der Waals surface area (Å²) in [6.45, 7) is 0. The summed E-state index contributed by atoms with van der Waals surface area (Å²) in [5, 5.41) is 19.7. The van der Waals surface area contributed by atoms with E-state index in [0.717, 1.165) is 12.1 Å². The standard InChI is InChI=1S/C16H13F3O3/c17-16(18,19)15(22,11-6-2-1-3-7-11)10-14(21)12-8-4-5-9-13(12)20/h1-9,20,22H,10H2. The Morgan fingerprint density at radius 1 is 0.955 bits per heavy atom. The van der Waals surface area contributed by atoms with E-state index in [1.165, 1.54) is 42.5 Å². The Morgan fingerprint density at radius 2 is 1.50 bits per heavy atom. The third kappa shape index (κ3) is 2.96. The largest absolute Gasteiger partial charge is 0.507 e. The van der Waals surface area contributed by atoms with Crippen LogP contribution in [-0.2, 0) is 5.60 Å². The summed E-state index contributed by atoms with van der Waals surface area (Å²) in [6.07, 6.45) is -6.24. The van der Waals surface area contributed by atoms with Crippen LogP contribution in [0.15, 0.2) is 54.6 Å². The number of alkyl halides is 3. The van der Waals surface area contributed by atoms with Gasteiger partial charge in [0.25, 0.3) is 0 Å². The van der Waals surface area contributed by atoms with Crippen molar-refractivity contribution in [3.8, 4) is 5.75 Å². The summed E-state index contributed by atoms with van der Waals surface area (Å²) in [4.78, 5) is 12.1. The monoisotopic (exact) mass is 310 g/mol. The second-order valence-corrected chi connectivity index (χ2v) is 4.84. The van der Waals surface area contributed by atoms with Gasteiger partial charge in [-0.3, -0.25) is 4.79 Å². The number of benzene rings is 2. The maximum atomic E-state index is 13.3. The lowest BCUT2D eigenvalue weighted by Gasteiger charge is -2.30. The molecule has 6 heteroatoms. The van der Waals surface area contributed by atoms with E-state index in [0.29, 0.717) is 0 Å². The molecule has 116 valence electrons. The second-order valence-electron chi connectivity index (χ2n) is 4.84. The maximum Gasteiger partial charge on any atom is 0.421 e. The molecule has 1 unspecified atom stereocenters. The Kier molecular flexibility index (Phi) is 4.23. The molecular formula is C16H13F3O3. The molecule has 2 aromatic carbocycles. The Morgan fingerprint density at radius 3 is 2.05 bits per heavy atom. The number of carbonyl (C=O) groups excluding carboxylic acids is 1. The van der Waals surface area contributed by atoms with Gasteiger partial charge in [0.2, 0.25) is 0 Å². The smallest absolute Gasteiger partial charge is 0.421 e. The third-order valence-corrected chi connectivity index (χ3v) is 3.34. The SMILES string of the molecule is O=C(CC(O)(c1ccccc1)C(F)(F)F)c1ccccc1O. The average Bonchev–Trinajstić information content (AvgIpc) is 2.47. The molecule has 2 aromatic rings. The van der Waals surface area contributed by atoms with Crippen LogP contribution in [-0.4, -0.2) is 22.2 Å². The van der Waals surface area contributed by atoms with E-state index in [4.69, 9.17) is 0 Å². The lowest BCUT2D eigenvalue weighted by Crippen LogP contribution is -2.44. The first kappa shape index (κ1) is 16.0. The number of para-hydroxylation sites is 1. The van der Waals surface area contributed by atoms with Gasteiger partial charge in [-0.05, 0) is 17.7 Å². The molecule has 2 N–H and O–H groups in total. The van der Waals surface area contributed by atoms with E-state index in [9.17, 15) is 28.2 Å². The highest BCUT2D eigenvalue weighted by molar-refractivity contribution is 5.99. The number of rotatable bonds is 4. The van der Waals surface area contributed by atoms with Crippen molar-refractivity contribution in [2.75, 3.05) is 0 Å². The Bertz CT molecular complexity index is 668. The van der Waals surface area contributed by atoms with E-state index in [-0.39, 0.29) is 5.56 Å². The number of aliphatic hydroxyl groups is 1. The molecule has 0 radical (unpaired) electrons.